The highest BCUT2D eigenvalue weighted by molar-refractivity contribution is 8.55. The standard InChI is InChI=1S/C10H23N2O3PS/c1-2-10-17-16(13,14)11-4-3-5-12-6-8-15-9-7-12/h2-10H2,1H3,(H2,11,13,14). The summed E-state index contributed by atoms with van der Waals surface area (Å²) in [6, 6.07) is 0. The smallest absolute Gasteiger partial charge is 0.323 e. The van der Waals surface area contributed by atoms with Crippen molar-refractivity contribution in [2.75, 3.05) is 45.1 Å². The molecule has 0 radical (unpaired) electrons. The third-order valence-electron chi connectivity index (χ3n) is 2.54. The summed E-state index contributed by atoms with van der Waals surface area (Å²) in [6.07, 6.45) is 1.82. The maximum Gasteiger partial charge on any atom is 0.323 e. The van der Waals surface area contributed by atoms with E-state index in [1.165, 1.54) is 0 Å². The molecule has 0 aromatic heterocycles. The average molecular weight is 282 g/mol. The SMILES string of the molecule is CCCSP(=O)(O)NCCCN1CCOCC1. The van der Waals surface area contributed by atoms with Gasteiger partial charge in [0.2, 0.25) is 0 Å². The van der Waals surface area contributed by atoms with E-state index in [0.717, 1.165) is 62.8 Å². The molecule has 5 nitrogen and oxygen atoms in total. The van der Waals surface area contributed by atoms with Crippen LogP contribution in [0.15, 0.2) is 0 Å². The van der Waals surface area contributed by atoms with Crippen LogP contribution in [0.3, 0.4) is 0 Å². The predicted octanol–water partition coefficient (Wildman–Crippen LogP) is 1.54. The third-order valence-corrected chi connectivity index (χ3v) is 6.09. The van der Waals surface area contributed by atoms with Gasteiger partial charge in [0.1, 0.15) is 0 Å². The van der Waals surface area contributed by atoms with Gasteiger partial charge in [-0.05, 0) is 19.4 Å². The monoisotopic (exact) mass is 282 g/mol. The molecule has 0 aromatic rings. The second-order valence-corrected chi connectivity index (χ2v) is 8.35. The van der Waals surface area contributed by atoms with Gasteiger partial charge in [-0.3, -0.25) is 9.46 Å². The number of nitrogens with zero attached hydrogens (tertiary/aromatic N) is 1. The molecule has 1 unspecified atom stereocenters. The van der Waals surface area contributed by atoms with E-state index >= 15 is 0 Å². The summed E-state index contributed by atoms with van der Waals surface area (Å²) in [7, 11) is 0. The normalized spacial score (nSPS) is 21.3. The van der Waals surface area contributed by atoms with Crippen LogP contribution in [0.4, 0.5) is 0 Å². The third kappa shape index (κ3) is 7.44. The van der Waals surface area contributed by atoms with Gasteiger partial charge in [-0.2, -0.15) is 0 Å². The lowest BCUT2D eigenvalue weighted by atomic mass is 10.3. The fourth-order valence-electron chi connectivity index (χ4n) is 1.61. The molecule has 0 aliphatic carbocycles. The molecule has 0 bridgehead atoms. The molecule has 1 rings (SSSR count). The first-order valence-corrected chi connectivity index (χ1v) is 9.41. The van der Waals surface area contributed by atoms with Crippen LogP contribution >= 0.6 is 18.1 Å². The lowest BCUT2D eigenvalue weighted by Gasteiger charge is -2.26. The first-order chi connectivity index (χ1) is 8.14. The van der Waals surface area contributed by atoms with Gasteiger partial charge >= 0.3 is 6.72 Å². The summed E-state index contributed by atoms with van der Waals surface area (Å²) in [6.45, 7) is 3.97. The fraction of sp³-hybridized carbons (Fsp3) is 1.00. The highest BCUT2D eigenvalue weighted by Crippen LogP contribution is 2.50. The van der Waals surface area contributed by atoms with Gasteiger partial charge in [0.15, 0.2) is 0 Å². The van der Waals surface area contributed by atoms with E-state index in [0.29, 0.717) is 6.54 Å². The Labute approximate surface area is 108 Å². The molecule has 1 atom stereocenters. The molecular weight excluding hydrogens is 259 g/mol. The summed E-state index contributed by atoms with van der Waals surface area (Å²) in [4.78, 5) is 11.9. The fourth-order valence-corrected chi connectivity index (χ4v) is 4.41. The molecule has 1 fully saturated rings. The van der Waals surface area contributed by atoms with Crippen LogP contribution in [0.5, 0.6) is 0 Å². The number of morpholine rings is 1. The van der Waals surface area contributed by atoms with Gasteiger partial charge < -0.3 is 9.63 Å². The lowest BCUT2D eigenvalue weighted by molar-refractivity contribution is 0.0376. The van der Waals surface area contributed by atoms with Crippen molar-refractivity contribution in [2.24, 2.45) is 0 Å². The van der Waals surface area contributed by atoms with Crippen molar-refractivity contribution in [1.29, 1.82) is 0 Å². The summed E-state index contributed by atoms with van der Waals surface area (Å²) in [5.74, 6) is 0.726. The Kier molecular flexibility index (Phi) is 7.75. The molecule has 102 valence electrons. The van der Waals surface area contributed by atoms with E-state index in [2.05, 4.69) is 9.99 Å². The van der Waals surface area contributed by atoms with Gasteiger partial charge in [-0.1, -0.05) is 18.3 Å². The average Bonchev–Trinajstić information content (AvgIpc) is 2.34. The molecule has 1 heterocycles. The number of hydrogen-bond donors (Lipinski definition) is 2. The zero-order chi connectivity index (χ0) is 12.6. The highest BCUT2D eigenvalue weighted by atomic mass is 32.7. The van der Waals surface area contributed by atoms with Crippen LogP contribution in [0.1, 0.15) is 19.8 Å². The quantitative estimate of drug-likeness (QED) is 0.520. The topological polar surface area (TPSA) is 61.8 Å². The molecule has 0 amide bonds. The van der Waals surface area contributed by atoms with E-state index in [-0.39, 0.29) is 0 Å². The molecule has 2 N–H and O–H groups in total. The van der Waals surface area contributed by atoms with Gasteiger partial charge in [-0.25, -0.2) is 5.09 Å². The Morgan fingerprint density at radius 1 is 1.47 bits per heavy atom. The second-order valence-electron chi connectivity index (χ2n) is 4.07. The zero-order valence-corrected chi connectivity index (χ0v) is 12.1. The number of hydrogen-bond acceptors (Lipinski definition) is 4. The predicted molar refractivity (Wildman–Crippen MR) is 72.5 cm³/mol. The van der Waals surface area contributed by atoms with Gasteiger partial charge in [0.25, 0.3) is 0 Å². The molecule has 7 heteroatoms. The van der Waals surface area contributed by atoms with E-state index in [9.17, 15) is 9.46 Å². The van der Waals surface area contributed by atoms with Crippen LogP contribution in [0.2, 0.25) is 0 Å². The largest absolute Gasteiger partial charge is 0.379 e. The molecule has 0 spiro atoms. The van der Waals surface area contributed by atoms with Gasteiger partial charge in [-0.15, -0.1) is 0 Å². The van der Waals surface area contributed by atoms with E-state index < -0.39 is 6.72 Å². The molecule has 1 aliphatic heterocycles. The summed E-state index contributed by atoms with van der Waals surface area (Å²) >= 11 is 1.13. The van der Waals surface area contributed by atoms with Crippen molar-refractivity contribution in [1.82, 2.24) is 9.99 Å². The molecule has 17 heavy (non-hydrogen) atoms. The van der Waals surface area contributed by atoms with E-state index in [1.54, 1.807) is 0 Å². The van der Waals surface area contributed by atoms with Crippen LogP contribution in [-0.2, 0) is 9.30 Å². The maximum absolute atomic E-state index is 11.6. The molecule has 1 saturated heterocycles. The van der Waals surface area contributed by atoms with E-state index in [1.807, 2.05) is 6.92 Å². The van der Waals surface area contributed by atoms with Crippen LogP contribution in [0, 0.1) is 0 Å². The number of ether oxygens (including phenoxy) is 1. The lowest BCUT2D eigenvalue weighted by Crippen LogP contribution is -2.37. The van der Waals surface area contributed by atoms with E-state index in [4.69, 9.17) is 4.74 Å². The van der Waals surface area contributed by atoms with Crippen molar-refractivity contribution in [2.45, 2.75) is 19.8 Å². The van der Waals surface area contributed by atoms with Gasteiger partial charge in [0.05, 0.1) is 13.2 Å². The van der Waals surface area contributed by atoms with Gasteiger partial charge in [0, 0.05) is 25.4 Å². The molecular formula is C10H23N2O3PS. The minimum absolute atomic E-state index is 0.599. The molecule has 1 aliphatic rings. The molecule has 0 saturated carbocycles. The second kappa shape index (κ2) is 8.51. The minimum atomic E-state index is -3.16. The van der Waals surface area contributed by atoms with Crippen LogP contribution in [0.25, 0.3) is 0 Å². The minimum Gasteiger partial charge on any atom is -0.379 e. The summed E-state index contributed by atoms with van der Waals surface area (Å²) in [5, 5.41) is 2.75. The van der Waals surface area contributed by atoms with Crippen LogP contribution in [-0.4, -0.2) is 54.9 Å². The first kappa shape index (κ1) is 15.5. The molecule has 0 aromatic carbocycles. The Morgan fingerprint density at radius 3 is 2.82 bits per heavy atom. The highest BCUT2D eigenvalue weighted by Gasteiger charge is 2.17. The Balaban J connectivity index is 2.04. The first-order valence-electron chi connectivity index (χ1n) is 6.16. The van der Waals surface area contributed by atoms with Crippen molar-refractivity contribution >= 4 is 18.1 Å². The summed E-state index contributed by atoms with van der Waals surface area (Å²) in [5.41, 5.74) is 0. The zero-order valence-electron chi connectivity index (χ0n) is 10.4. The number of rotatable bonds is 8. The number of nitrogens with one attached hydrogen (secondary N) is 1. The van der Waals surface area contributed by atoms with Crippen molar-refractivity contribution in [3.63, 3.8) is 0 Å². The summed E-state index contributed by atoms with van der Waals surface area (Å²) < 4.78 is 16.9. The maximum atomic E-state index is 11.6. The Bertz CT molecular complexity index is 250. The van der Waals surface area contributed by atoms with Crippen molar-refractivity contribution in [3.8, 4) is 0 Å². The van der Waals surface area contributed by atoms with Crippen LogP contribution < -0.4 is 5.09 Å². The van der Waals surface area contributed by atoms with Crippen molar-refractivity contribution in [3.05, 3.63) is 0 Å². The Hall–Kier alpha value is 0.420. The van der Waals surface area contributed by atoms with Crippen molar-refractivity contribution < 1.29 is 14.2 Å². The Morgan fingerprint density at radius 2 is 2.18 bits per heavy atom.